The number of rotatable bonds is 7. The molecule has 0 atom stereocenters. The van der Waals surface area contributed by atoms with Gasteiger partial charge >= 0.3 is 0 Å². The molecule has 2 aromatic rings. The van der Waals surface area contributed by atoms with E-state index in [1.807, 2.05) is 30.3 Å². The van der Waals surface area contributed by atoms with Gasteiger partial charge in [-0.05, 0) is 24.5 Å². The predicted molar refractivity (Wildman–Crippen MR) is 84.6 cm³/mol. The van der Waals surface area contributed by atoms with E-state index in [-0.39, 0.29) is 0 Å². The minimum absolute atomic E-state index is 0.390. The third-order valence-electron chi connectivity index (χ3n) is 3.69. The van der Waals surface area contributed by atoms with Gasteiger partial charge in [0.1, 0.15) is 11.5 Å². The average molecular weight is 272 g/mol. The van der Waals surface area contributed by atoms with Crippen molar-refractivity contribution in [3.8, 4) is 11.5 Å². The SMILES string of the molecule is CCCCCCOc1cc(CC)c(O)c2ccccc12. The Morgan fingerprint density at radius 1 is 1.00 bits per heavy atom. The molecule has 108 valence electrons. The van der Waals surface area contributed by atoms with Crippen LogP contribution in [0.2, 0.25) is 0 Å². The highest BCUT2D eigenvalue weighted by molar-refractivity contribution is 5.94. The number of hydrogen-bond donors (Lipinski definition) is 1. The Kier molecular flexibility index (Phi) is 5.28. The molecule has 2 heteroatoms. The van der Waals surface area contributed by atoms with Crippen LogP contribution < -0.4 is 4.74 Å². The Morgan fingerprint density at radius 3 is 2.45 bits per heavy atom. The Morgan fingerprint density at radius 2 is 1.75 bits per heavy atom. The fourth-order valence-corrected chi connectivity index (χ4v) is 2.48. The number of unbranched alkanes of at least 4 members (excludes halogenated alkanes) is 3. The Bertz CT molecular complexity index is 561. The lowest BCUT2D eigenvalue weighted by Crippen LogP contribution is -1.99. The first-order valence-corrected chi connectivity index (χ1v) is 7.64. The van der Waals surface area contributed by atoms with Crippen LogP contribution in [0.1, 0.15) is 45.1 Å². The summed E-state index contributed by atoms with van der Waals surface area (Å²) >= 11 is 0. The van der Waals surface area contributed by atoms with Gasteiger partial charge in [0.2, 0.25) is 0 Å². The summed E-state index contributed by atoms with van der Waals surface area (Å²) in [7, 11) is 0. The largest absolute Gasteiger partial charge is 0.507 e. The van der Waals surface area contributed by atoms with Crippen molar-refractivity contribution in [1.82, 2.24) is 0 Å². The van der Waals surface area contributed by atoms with Gasteiger partial charge in [0.25, 0.3) is 0 Å². The molecule has 20 heavy (non-hydrogen) atoms. The van der Waals surface area contributed by atoms with Gasteiger partial charge in [0, 0.05) is 10.8 Å². The van der Waals surface area contributed by atoms with Crippen molar-refractivity contribution >= 4 is 10.8 Å². The van der Waals surface area contributed by atoms with Crippen LogP contribution in [0.4, 0.5) is 0 Å². The normalized spacial score (nSPS) is 10.9. The highest BCUT2D eigenvalue weighted by Crippen LogP contribution is 2.36. The van der Waals surface area contributed by atoms with E-state index in [0.29, 0.717) is 5.75 Å². The van der Waals surface area contributed by atoms with Crippen LogP contribution in [0.5, 0.6) is 11.5 Å². The molecule has 0 radical (unpaired) electrons. The molecular weight excluding hydrogens is 248 g/mol. The summed E-state index contributed by atoms with van der Waals surface area (Å²) in [6.07, 6.45) is 5.61. The first-order chi connectivity index (χ1) is 9.77. The fourth-order valence-electron chi connectivity index (χ4n) is 2.48. The standard InChI is InChI=1S/C18H24O2/c1-3-5-6-9-12-20-17-13-14(4-2)18(19)16-11-8-7-10-15(16)17/h7-8,10-11,13,19H,3-6,9,12H2,1-2H3. The van der Waals surface area contributed by atoms with Crippen LogP contribution in [0, 0.1) is 0 Å². The van der Waals surface area contributed by atoms with Gasteiger partial charge in [-0.25, -0.2) is 0 Å². The van der Waals surface area contributed by atoms with Crippen LogP contribution in [-0.2, 0) is 6.42 Å². The van der Waals surface area contributed by atoms with Crippen molar-refractivity contribution in [3.05, 3.63) is 35.9 Å². The molecule has 0 spiro atoms. The average Bonchev–Trinajstić information content (AvgIpc) is 2.49. The zero-order valence-electron chi connectivity index (χ0n) is 12.5. The topological polar surface area (TPSA) is 29.5 Å². The molecule has 2 aromatic carbocycles. The molecular formula is C18H24O2. The first kappa shape index (κ1) is 14.7. The lowest BCUT2D eigenvalue weighted by molar-refractivity contribution is 0.308. The Balaban J connectivity index is 2.21. The van der Waals surface area contributed by atoms with Crippen LogP contribution in [0.3, 0.4) is 0 Å². The zero-order chi connectivity index (χ0) is 14.4. The van der Waals surface area contributed by atoms with Crippen LogP contribution >= 0.6 is 0 Å². The number of phenolic OH excluding ortho intramolecular Hbond substituents is 1. The van der Waals surface area contributed by atoms with E-state index in [0.717, 1.165) is 41.5 Å². The van der Waals surface area contributed by atoms with Gasteiger partial charge in [-0.15, -0.1) is 0 Å². The molecule has 2 nitrogen and oxygen atoms in total. The maximum absolute atomic E-state index is 10.3. The van der Waals surface area contributed by atoms with E-state index < -0.39 is 0 Å². The highest BCUT2D eigenvalue weighted by Gasteiger charge is 2.10. The molecule has 0 aliphatic carbocycles. The number of phenols is 1. The van der Waals surface area contributed by atoms with Gasteiger partial charge in [0.05, 0.1) is 6.61 Å². The molecule has 0 aliphatic heterocycles. The Hall–Kier alpha value is -1.70. The molecule has 0 heterocycles. The van der Waals surface area contributed by atoms with E-state index in [1.165, 1.54) is 19.3 Å². The summed E-state index contributed by atoms with van der Waals surface area (Å²) < 4.78 is 5.95. The van der Waals surface area contributed by atoms with Crippen molar-refractivity contribution in [1.29, 1.82) is 0 Å². The summed E-state index contributed by atoms with van der Waals surface area (Å²) in [5.74, 6) is 1.29. The lowest BCUT2D eigenvalue weighted by Gasteiger charge is -2.13. The smallest absolute Gasteiger partial charge is 0.127 e. The summed E-state index contributed by atoms with van der Waals surface area (Å²) in [6.45, 7) is 5.01. The Labute approximate surface area is 121 Å². The molecule has 0 saturated heterocycles. The van der Waals surface area contributed by atoms with Gasteiger partial charge in [-0.2, -0.15) is 0 Å². The van der Waals surface area contributed by atoms with Crippen LogP contribution in [0.15, 0.2) is 30.3 Å². The molecule has 0 unspecified atom stereocenters. The van der Waals surface area contributed by atoms with E-state index in [2.05, 4.69) is 13.8 Å². The maximum Gasteiger partial charge on any atom is 0.127 e. The van der Waals surface area contributed by atoms with Gasteiger partial charge in [-0.3, -0.25) is 0 Å². The van der Waals surface area contributed by atoms with Crippen LogP contribution in [0.25, 0.3) is 10.8 Å². The summed E-state index contributed by atoms with van der Waals surface area (Å²) in [4.78, 5) is 0. The van der Waals surface area contributed by atoms with Crippen LogP contribution in [-0.4, -0.2) is 11.7 Å². The monoisotopic (exact) mass is 272 g/mol. The second kappa shape index (κ2) is 7.18. The van der Waals surface area contributed by atoms with Crippen molar-refractivity contribution < 1.29 is 9.84 Å². The van der Waals surface area contributed by atoms with Gasteiger partial charge < -0.3 is 9.84 Å². The molecule has 0 aromatic heterocycles. The molecule has 0 bridgehead atoms. The third-order valence-corrected chi connectivity index (χ3v) is 3.69. The third kappa shape index (κ3) is 3.24. The van der Waals surface area contributed by atoms with Gasteiger partial charge in [-0.1, -0.05) is 57.4 Å². The number of benzene rings is 2. The van der Waals surface area contributed by atoms with Crippen molar-refractivity contribution in [3.63, 3.8) is 0 Å². The highest BCUT2D eigenvalue weighted by atomic mass is 16.5. The van der Waals surface area contributed by atoms with Crippen molar-refractivity contribution in [2.45, 2.75) is 46.0 Å². The predicted octanol–water partition coefficient (Wildman–Crippen LogP) is 5.07. The van der Waals surface area contributed by atoms with E-state index in [4.69, 9.17) is 4.74 Å². The molecule has 1 N–H and O–H groups in total. The quantitative estimate of drug-likeness (QED) is 0.713. The fraction of sp³-hybridized carbons (Fsp3) is 0.444. The number of fused-ring (bicyclic) bond motifs is 1. The molecule has 0 aliphatic rings. The van der Waals surface area contributed by atoms with Gasteiger partial charge in [0.15, 0.2) is 0 Å². The zero-order valence-corrected chi connectivity index (χ0v) is 12.5. The number of ether oxygens (including phenoxy) is 1. The molecule has 0 amide bonds. The summed E-state index contributed by atoms with van der Waals surface area (Å²) in [5.41, 5.74) is 0.951. The number of hydrogen-bond acceptors (Lipinski definition) is 2. The number of aryl methyl sites for hydroxylation is 1. The second-order valence-electron chi connectivity index (χ2n) is 5.19. The summed E-state index contributed by atoms with van der Waals surface area (Å²) in [6, 6.07) is 9.88. The molecule has 2 rings (SSSR count). The molecule has 0 fully saturated rings. The minimum atomic E-state index is 0.390. The van der Waals surface area contributed by atoms with E-state index in [1.54, 1.807) is 0 Å². The second-order valence-corrected chi connectivity index (χ2v) is 5.19. The molecule has 0 saturated carbocycles. The lowest BCUT2D eigenvalue weighted by atomic mass is 10.0. The maximum atomic E-state index is 10.3. The first-order valence-electron chi connectivity index (χ1n) is 7.64. The summed E-state index contributed by atoms with van der Waals surface area (Å²) in [5, 5.41) is 12.1. The number of aromatic hydroxyl groups is 1. The van der Waals surface area contributed by atoms with E-state index in [9.17, 15) is 5.11 Å². The van der Waals surface area contributed by atoms with E-state index >= 15 is 0 Å². The minimum Gasteiger partial charge on any atom is -0.507 e. The van der Waals surface area contributed by atoms with Crippen molar-refractivity contribution in [2.75, 3.05) is 6.61 Å². The van der Waals surface area contributed by atoms with Crippen molar-refractivity contribution in [2.24, 2.45) is 0 Å².